The van der Waals surface area contributed by atoms with Gasteiger partial charge in [0, 0.05) is 10.2 Å². The zero-order chi connectivity index (χ0) is 22.1. The third-order valence-electron chi connectivity index (χ3n) is 4.22. The van der Waals surface area contributed by atoms with Gasteiger partial charge in [0.2, 0.25) is 0 Å². The normalized spacial score (nSPS) is 11.3. The number of nitrogens with one attached hydrogen (secondary N) is 1. The molecule has 1 amide bonds. The molecule has 0 bridgehead atoms. The van der Waals surface area contributed by atoms with E-state index in [2.05, 4.69) is 21.2 Å². The smallest absolute Gasteiger partial charge is 0.342 e. The van der Waals surface area contributed by atoms with Crippen molar-refractivity contribution in [3.63, 3.8) is 0 Å². The van der Waals surface area contributed by atoms with Crippen molar-refractivity contribution in [2.45, 2.75) is 13.0 Å². The average Bonchev–Trinajstić information content (AvgIpc) is 2.79. The Morgan fingerprint density at radius 3 is 2.26 bits per heavy atom. The van der Waals surface area contributed by atoms with Crippen molar-refractivity contribution in [1.82, 2.24) is 0 Å². The molecular weight excluding hydrogens is 462 g/mol. The Bertz CT molecular complexity index is 1010. The molecular formula is C24H22BrNO5. The van der Waals surface area contributed by atoms with Crippen LogP contribution in [0.15, 0.2) is 83.3 Å². The van der Waals surface area contributed by atoms with E-state index in [1.165, 1.54) is 6.92 Å². The first kappa shape index (κ1) is 22.4. The van der Waals surface area contributed by atoms with Gasteiger partial charge < -0.3 is 19.5 Å². The third-order valence-corrected chi connectivity index (χ3v) is 4.75. The maximum Gasteiger partial charge on any atom is 0.342 e. The molecule has 0 heterocycles. The monoisotopic (exact) mass is 483 g/mol. The molecule has 3 aromatic carbocycles. The van der Waals surface area contributed by atoms with Crippen LogP contribution in [0.25, 0.3) is 0 Å². The Morgan fingerprint density at radius 2 is 1.52 bits per heavy atom. The summed E-state index contributed by atoms with van der Waals surface area (Å²) in [4.78, 5) is 25.0. The van der Waals surface area contributed by atoms with E-state index in [1.54, 1.807) is 48.5 Å². The zero-order valence-electron chi connectivity index (χ0n) is 16.9. The second-order valence-electron chi connectivity index (χ2n) is 6.55. The van der Waals surface area contributed by atoms with Crippen LogP contribution in [0.2, 0.25) is 0 Å². The van der Waals surface area contributed by atoms with Gasteiger partial charge in [0.25, 0.3) is 5.91 Å². The number of ether oxygens (including phenoxy) is 3. The van der Waals surface area contributed by atoms with E-state index >= 15 is 0 Å². The lowest BCUT2D eigenvalue weighted by Gasteiger charge is -2.15. The molecule has 31 heavy (non-hydrogen) atoms. The highest BCUT2D eigenvalue weighted by atomic mass is 79.9. The fourth-order valence-corrected chi connectivity index (χ4v) is 2.91. The Balaban J connectivity index is 1.53. The first-order valence-corrected chi connectivity index (χ1v) is 10.5. The Labute approximate surface area is 189 Å². The highest BCUT2D eigenvalue weighted by Gasteiger charge is 2.21. The van der Waals surface area contributed by atoms with E-state index in [1.807, 2.05) is 30.3 Å². The quantitative estimate of drug-likeness (QED) is 0.338. The number of amides is 1. The zero-order valence-corrected chi connectivity index (χ0v) is 18.5. The predicted molar refractivity (Wildman–Crippen MR) is 122 cm³/mol. The average molecular weight is 484 g/mol. The summed E-state index contributed by atoms with van der Waals surface area (Å²) in [6.07, 6.45) is -0.981. The van der Waals surface area contributed by atoms with Crippen molar-refractivity contribution in [3.05, 3.63) is 88.9 Å². The SMILES string of the molecule is CC(OC(=O)c1ccccc1OCCOc1ccccc1)C(=O)Nc1ccc(Br)cc1. The van der Waals surface area contributed by atoms with Crippen molar-refractivity contribution in [3.8, 4) is 11.5 Å². The lowest BCUT2D eigenvalue weighted by Crippen LogP contribution is -2.30. The largest absolute Gasteiger partial charge is 0.490 e. The van der Waals surface area contributed by atoms with E-state index in [0.29, 0.717) is 18.0 Å². The van der Waals surface area contributed by atoms with Crippen LogP contribution in [0.5, 0.6) is 11.5 Å². The summed E-state index contributed by atoms with van der Waals surface area (Å²) >= 11 is 3.34. The van der Waals surface area contributed by atoms with Crippen LogP contribution in [-0.4, -0.2) is 31.2 Å². The summed E-state index contributed by atoms with van der Waals surface area (Å²) in [6.45, 7) is 2.08. The second kappa shape index (κ2) is 11.2. The summed E-state index contributed by atoms with van der Waals surface area (Å²) in [5.41, 5.74) is 0.851. The van der Waals surface area contributed by atoms with E-state index < -0.39 is 18.0 Å². The number of halogens is 1. The standard InChI is InChI=1S/C24H22BrNO5/c1-17(23(27)26-19-13-11-18(25)12-14-19)31-24(28)21-9-5-6-10-22(21)30-16-15-29-20-7-3-2-4-8-20/h2-14,17H,15-16H2,1H3,(H,26,27). The lowest BCUT2D eigenvalue weighted by atomic mass is 10.2. The number of hydrogen-bond acceptors (Lipinski definition) is 5. The number of carbonyl (C=O) groups is 2. The molecule has 7 heteroatoms. The molecule has 0 spiro atoms. The minimum Gasteiger partial charge on any atom is -0.490 e. The molecule has 1 atom stereocenters. The van der Waals surface area contributed by atoms with Crippen LogP contribution >= 0.6 is 15.9 Å². The molecule has 1 unspecified atom stereocenters. The van der Waals surface area contributed by atoms with Gasteiger partial charge in [0.1, 0.15) is 30.3 Å². The number of anilines is 1. The first-order valence-electron chi connectivity index (χ1n) is 9.70. The molecule has 0 aromatic heterocycles. The number of hydrogen-bond donors (Lipinski definition) is 1. The molecule has 0 aliphatic heterocycles. The summed E-state index contributed by atoms with van der Waals surface area (Å²) in [7, 11) is 0. The molecule has 0 saturated carbocycles. The number of para-hydroxylation sites is 2. The molecule has 1 N–H and O–H groups in total. The van der Waals surface area contributed by atoms with Gasteiger partial charge in [-0.1, -0.05) is 46.3 Å². The van der Waals surface area contributed by atoms with Gasteiger partial charge in [-0.15, -0.1) is 0 Å². The van der Waals surface area contributed by atoms with E-state index in [9.17, 15) is 9.59 Å². The van der Waals surface area contributed by atoms with Gasteiger partial charge >= 0.3 is 5.97 Å². The van der Waals surface area contributed by atoms with E-state index in [4.69, 9.17) is 14.2 Å². The Hall–Kier alpha value is -3.32. The predicted octanol–water partition coefficient (Wildman–Crippen LogP) is 5.09. The third kappa shape index (κ3) is 6.86. The summed E-state index contributed by atoms with van der Waals surface area (Å²) < 4.78 is 17.5. The fraction of sp³-hybridized carbons (Fsp3) is 0.167. The molecule has 0 aliphatic rings. The molecule has 0 fully saturated rings. The molecule has 0 radical (unpaired) electrons. The van der Waals surface area contributed by atoms with Crippen LogP contribution in [0, 0.1) is 0 Å². The minimum absolute atomic E-state index is 0.241. The van der Waals surface area contributed by atoms with Crippen molar-refractivity contribution >= 4 is 33.5 Å². The molecule has 3 aromatic rings. The first-order chi connectivity index (χ1) is 15.0. The molecule has 3 rings (SSSR count). The van der Waals surface area contributed by atoms with Gasteiger partial charge in [0.05, 0.1) is 0 Å². The number of benzene rings is 3. The van der Waals surface area contributed by atoms with Crippen LogP contribution in [0.1, 0.15) is 17.3 Å². The molecule has 0 saturated heterocycles. The number of rotatable bonds is 9. The van der Waals surface area contributed by atoms with Crippen LogP contribution in [-0.2, 0) is 9.53 Å². The number of esters is 1. The molecule has 160 valence electrons. The van der Waals surface area contributed by atoms with Gasteiger partial charge in [-0.05, 0) is 55.5 Å². The Kier molecular flexibility index (Phi) is 8.06. The fourth-order valence-electron chi connectivity index (χ4n) is 2.64. The highest BCUT2D eigenvalue weighted by Crippen LogP contribution is 2.20. The highest BCUT2D eigenvalue weighted by molar-refractivity contribution is 9.10. The van der Waals surface area contributed by atoms with E-state index in [0.717, 1.165) is 10.2 Å². The number of carbonyl (C=O) groups excluding carboxylic acids is 2. The lowest BCUT2D eigenvalue weighted by molar-refractivity contribution is -0.123. The van der Waals surface area contributed by atoms with Crippen LogP contribution in [0.4, 0.5) is 5.69 Å². The molecule has 0 aliphatic carbocycles. The topological polar surface area (TPSA) is 73.9 Å². The summed E-state index contributed by atoms with van der Waals surface area (Å²) in [6, 6.07) is 23.2. The van der Waals surface area contributed by atoms with Gasteiger partial charge in [-0.3, -0.25) is 4.79 Å². The van der Waals surface area contributed by atoms with Crippen LogP contribution in [0.3, 0.4) is 0 Å². The summed E-state index contributed by atoms with van der Waals surface area (Å²) in [5, 5.41) is 2.71. The maximum absolute atomic E-state index is 12.6. The van der Waals surface area contributed by atoms with Crippen molar-refractivity contribution in [2.24, 2.45) is 0 Å². The summed E-state index contributed by atoms with van der Waals surface area (Å²) in [5.74, 6) is 0.0393. The maximum atomic E-state index is 12.6. The second-order valence-corrected chi connectivity index (χ2v) is 7.47. The van der Waals surface area contributed by atoms with Crippen molar-refractivity contribution in [2.75, 3.05) is 18.5 Å². The van der Waals surface area contributed by atoms with Gasteiger partial charge in [0.15, 0.2) is 6.10 Å². The van der Waals surface area contributed by atoms with Gasteiger partial charge in [-0.25, -0.2) is 4.79 Å². The van der Waals surface area contributed by atoms with Crippen molar-refractivity contribution in [1.29, 1.82) is 0 Å². The minimum atomic E-state index is -0.981. The van der Waals surface area contributed by atoms with Crippen molar-refractivity contribution < 1.29 is 23.8 Å². The Morgan fingerprint density at radius 1 is 0.871 bits per heavy atom. The molecule has 6 nitrogen and oxygen atoms in total. The van der Waals surface area contributed by atoms with Crippen LogP contribution < -0.4 is 14.8 Å². The van der Waals surface area contributed by atoms with Gasteiger partial charge in [-0.2, -0.15) is 0 Å². The van der Waals surface area contributed by atoms with E-state index in [-0.39, 0.29) is 12.2 Å².